The van der Waals surface area contributed by atoms with Gasteiger partial charge in [-0.2, -0.15) is 5.10 Å². The van der Waals surface area contributed by atoms with Crippen LogP contribution in [0.25, 0.3) is 28.5 Å². The number of amides is 1. The summed E-state index contributed by atoms with van der Waals surface area (Å²) in [5.41, 5.74) is 7.45. The van der Waals surface area contributed by atoms with Crippen molar-refractivity contribution in [1.29, 1.82) is 0 Å². The Balaban J connectivity index is 1.50. The number of hydrogen-bond acceptors (Lipinski definition) is 4. The molecule has 1 N–H and O–H groups in total. The third kappa shape index (κ3) is 3.88. The first-order valence-electron chi connectivity index (χ1n) is 10.3. The number of hydrazine groups is 1. The Morgan fingerprint density at radius 1 is 0.938 bits per heavy atom. The van der Waals surface area contributed by atoms with E-state index in [1.54, 1.807) is 41.7 Å². The number of rotatable bonds is 4. The summed E-state index contributed by atoms with van der Waals surface area (Å²) in [6, 6.07) is 19.7. The van der Waals surface area contributed by atoms with E-state index in [1.165, 1.54) is 12.1 Å². The van der Waals surface area contributed by atoms with Crippen LogP contribution in [-0.2, 0) is 11.3 Å². The molecule has 1 aliphatic heterocycles. The minimum Gasteiger partial charge on any atom is -0.279 e. The Labute approximate surface area is 184 Å². The van der Waals surface area contributed by atoms with Gasteiger partial charge in [0.25, 0.3) is 5.91 Å². The van der Waals surface area contributed by atoms with Gasteiger partial charge in [-0.3, -0.25) is 15.2 Å². The minimum absolute atomic E-state index is 0.148. The molecule has 3 heterocycles. The van der Waals surface area contributed by atoms with Crippen LogP contribution in [0.2, 0.25) is 0 Å². The lowest BCUT2D eigenvalue weighted by atomic mass is 10.0. The Hall–Kier alpha value is -4.26. The van der Waals surface area contributed by atoms with Crippen molar-refractivity contribution < 1.29 is 9.18 Å². The molecule has 0 fully saturated rings. The summed E-state index contributed by atoms with van der Waals surface area (Å²) in [7, 11) is 0. The lowest BCUT2D eigenvalue weighted by Crippen LogP contribution is -2.42. The van der Waals surface area contributed by atoms with Gasteiger partial charge in [0.1, 0.15) is 11.5 Å². The molecule has 7 heteroatoms. The fourth-order valence-corrected chi connectivity index (χ4v) is 3.70. The van der Waals surface area contributed by atoms with Gasteiger partial charge in [-0.1, -0.05) is 30.3 Å². The van der Waals surface area contributed by atoms with E-state index >= 15 is 0 Å². The molecule has 0 spiro atoms. The number of halogens is 1. The maximum atomic E-state index is 13.5. The lowest BCUT2D eigenvalue weighted by Gasteiger charge is -2.29. The van der Waals surface area contributed by atoms with E-state index in [0.717, 1.165) is 22.3 Å². The van der Waals surface area contributed by atoms with Gasteiger partial charge in [-0.25, -0.2) is 14.1 Å². The maximum absolute atomic E-state index is 13.5. The van der Waals surface area contributed by atoms with E-state index in [1.807, 2.05) is 47.1 Å². The standard InChI is InChI=1S/C25H20FN5O/c26-21-9-7-20(8-10-21)24-23(19-12-14-27-15-13-19)25-29-30(16-17-31(25)28-24)22(32)11-6-18-4-2-1-3-5-18/h1-15,29H,16-17H2. The first-order chi connectivity index (χ1) is 15.7. The van der Waals surface area contributed by atoms with Crippen LogP contribution in [0.5, 0.6) is 0 Å². The van der Waals surface area contributed by atoms with Crippen molar-refractivity contribution >= 4 is 17.8 Å². The molecule has 2 aromatic carbocycles. The van der Waals surface area contributed by atoms with Crippen molar-refractivity contribution in [3.05, 3.63) is 96.6 Å². The van der Waals surface area contributed by atoms with Gasteiger partial charge in [-0.05, 0) is 53.6 Å². The van der Waals surface area contributed by atoms with Crippen LogP contribution in [0.3, 0.4) is 0 Å². The minimum atomic E-state index is -0.303. The summed E-state index contributed by atoms with van der Waals surface area (Å²) < 4.78 is 15.3. The second kappa shape index (κ2) is 8.47. The number of carbonyl (C=O) groups is 1. The average molecular weight is 425 g/mol. The fraction of sp³-hybridized carbons (Fsp3) is 0.0800. The van der Waals surface area contributed by atoms with Crippen LogP contribution < -0.4 is 5.43 Å². The molecule has 1 aliphatic rings. The first-order valence-corrected chi connectivity index (χ1v) is 10.3. The SMILES string of the molecule is O=C(C=Cc1ccccc1)N1CCn2nc(-c3ccc(F)cc3)c(-c3ccncc3)c2N1. The molecule has 4 aromatic rings. The highest BCUT2D eigenvalue weighted by Gasteiger charge is 2.27. The van der Waals surface area contributed by atoms with Crippen LogP contribution >= 0.6 is 0 Å². The molecular formula is C25H20FN5O. The molecule has 0 bridgehead atoms. The van der Waals surface area contributed by atoms with Crippen molar-refractivity contribution in [2.45, 2.75) is 6.54 Å². The molecule has 0 aliphatic carbocycles. The summed E-state index contributed by atoms with van der Waals surface area (Å²) in [5, 5.41) is 6.35. The molecule has 32 heavy (non-hydrogen) atoms. The van der Waals surface area contributed by atoms with Crippen molar-refractivity contribution in [3.8, 4) is 22.4 Å². The maximum Gasteiger partial charge on any atom is 0.265 e. The number of aromatic nitrogens is 3. The number of fused-ring (bicyclic) bond motifs is 1. The summed E-state index contributed by atoms with van der Waals surface area (Å²) >= 11 is 0. The quantitative estimate of drug-likeness (QED) is 0.484. The molecule has 0 atom stereocenters. The number of nitrogens with one attached hydrogen (secondary N) is 1. The zero-order valence-corrected chi connectivity index (χ0v) is 17.1. The summed E-state index contributed by atoms with van der Waals surface area (Å²) in [6.45, 7) is 0.998. The highest BCUT2D eigenvalue weighted by molar-refractivity contribution is 5.94. The van der Waals surface area contributed by atoms with E-state index in [4.69, 9.17) is 5.10 Å². The second-order valence-corrected chi connectivity index (χ2v) is 7.38. The molecule has 6 nitrogen and oxygen atoms in total. The predicted octanol–water partition coefficient (Wildman–Crippen LogP) is 4.63. The Morgan fingerprint density at radius 3 is 2.44 bits per heavy atom. The number of hydrogen-bond donors (Lipinski definition) is 1. The Morgan fingerprint density at radius 2 is 1.69 bits per heavy atom. The smallest absolute Gasteiger partial charge is 0.265 e. The third-order valence-electron chi connectivity index (χ3n) is 5.30. The van der Waals surface area contributed by atoms with E-state index < -0.39 is 0 Å². The highest BCUT2D eigenvalue weighted by atomic mass is 19.1. The van der Waals surface area contributed by atoms with Gasteiger partial charge in [-0.15, -0.1) is 0 Å². The largest absolute Gasteiger partial charge is 0.279 e. The summed E-state index contributed by atoms with van der Waals surface area (Å²) in [6.07, 6.45) is 6.77. The molecule has 0 unspecified atom stereocenters. The van der Waals surface area contributed by atoms with Crippen LogP contribution in [0.1, 0.15) is 5.56 Å². The van der Waals surface area contributed by atoms with E-state index in [2.05, 4.69) is 10.4 Å². The summed E-state index contributed by atoms with van der Waals surface area (Å²) in [5.74, 6) is 0.261. The van der Waals surface area contributed by atoms with E-state index in [-0.39, 0.29) is 11.7 Å². The molecule has 158 valence electrons. The molecule has 0 saturated carbocycles. The van der Waals surface area contributed by atoms with Gasteiger partial charge in [0, 0.05) is 24.0 Å². The van der Waals surface area contributed by atoms with Crippen LogP contribution in [-0.4, -0.2) is 32.2 Å². The van der Waals surface area contributed by atoms with Crippen molar-refractivity contribution in [2.24, 2.45) is 0 Å². The number of carbonyl (C=O) groups excluding carboxylic acids is 1. The van der Waals surface area contributed by atoms with Crippen LogP contribution in [0.15, 0.2) is 85.2 Å². The first kappa shape index (κ1) is 19.7. The molecule has 0 radical (unpaired) electrons. The number of nitrogens with zero attached hydrogens (tertiary/aromatic N) is 4. The highest BCUT2D eigenvalue weighted by Crippen LogP contribution is 2.38. The van der Waals surface area contributed by atoms with Gasteiger partial charge in [0.15, 0.2) is 5.82 Å². The van der Waals surface area contributed by atoms with Crippen LogP contribution in [0.4, 0.5) is 10.2 Å². The number of pyridine rings is 1. The summed E-state index contributed by atoms with van der Waals surface area (Å²) in [4.78, 5) is 16.9. The van der Waals surface area contributed by atoms with Crippen molar-refractivity contribution in [2.75, 3.05) is 12.0 Å². The van der Waals surface area contributed by atoms with Crippen molar-refractivity contribution in [1.82, 2.24) is 19.8 Å². The predicted molar refractivity (Wildman–Crippen MR) is 122 cm³/mol. The molecule has 0 saturated heterocycles. The lowest BCUT2D eigenvalue weighted by molar-refractivity contribution is -0.125. The Kier molecular flexibility index (Phi) is 5.21. The van der Waals surface area contributed by atoms with Gasteiger partial charge >= 0.3 is 0 Å². The molecule has 5 rings (SSSR count). The fourth-order valence-electron chi connectivity index (χ4n) is 3.70. The topological polar surface area (TPSA) is 63.1 Å². The van der Waals surface area contributed by atoms with Gasteiger partial charge in [0.05, 0.1) is 18.7 Å². The molecule has 1 amide bonds. The monoisotopic (exact) mass is 425 g/mol. The number of benzene rings is 2. The molecule has 2 aromatic heterocycles. The average Bonchev–Trinajstić information content (AvgIpc) is 3.23. The zero-order chi connectivity index (χ0) is 21.9. The zero-order valence-electron chi connectivity index (χ0n) is 17.1. The van der Waals surface area contributed by atoms with Crippen LogP contribution in [0, 0.1) is 5.82 Å². The van der Waals surface area contributed by atoms with E-state index in [0.29, 0.717) is 24.6 Å². The van der Waals surface area contributed by atoms with Gasteiger partial charge < -0.3 is 0 Å². The molecular weight excluding hydrogens is 405 g/mol. The normalized spacial score (nSPS) is 13.1. The second-order valence-electron chi connectivity index (χ2n) is 7.38. The van der Waals surface area contributed by atoms with Crippen molar-refractivity contribution in [3.63, 3.8) is 0 Å². The van der Waals surface area contributed by atoms with E-state index in [9.17, 15) is 9.18 Å². The third-order valence-corrected chi connectivity index (χ3v) is 5.30. The van der Waals surface area contributed by atoms with Gasteiger partial charge in [0.2, 0.25) is 0 Å². The Bertz CT molecular complexity index is 1270. The number of anilines is 1.